The molecule has 5 heteroatoms. The lowest BCUT2D eigenvalue weighted by molar-refractivity contribution is -0.384. The summed E-state index contributed by atoms with van der Waals surface area (Å²) in [6, 6.07) is 7.54. The minimum absolute atomic E-state index is 0.165. The van der Waals surface area contributed by atoms with Gasteiger partial charge in [-0.05, 0) is 44.4 Å². The maximum absolute atomic E-state index is 10.6. The third-order valence-corrected chi connectivity index (χ3v) is 4.72. The maximum atomic E-state index is 10.6. The van der Waals surface area contributed by atoms with E-state index in [9.17, 15) is 10.1 Å². The molecule has 19 heavy (non-hydrogen) atoms. The van der Waals surface area contributed by atoms with Gasteiger partial charge in [0, 0.05) is 28.3 Å². The predicted octanol–water partition coefficient (Wildman–Crippen LogP) is 3.61. The Labute approximate surface area is 118 Å². The van der Waals surface area contributed by atoms with Crippen LogP contribution >= 0.6 is 11.8 Å². The largest absolute Gasteiger partial charge is 0.314 e. The fourth-order valence-electron chi connectivity index (χ4n) is 2.42. The molecule has 0 bridgehead atoms. The van der Waals surface area contributed by atoms with E-state index in [1.165, 1.54) is 25.7 Å². The first-order chi connectivity index (χ1) is 9.19. The molecular formula is C14H20N2O2S. The smallest absolute Gasteiger partial charge is 0.269 e. The van der Waals surface area contributed by atoms with Gasteiger partial charge < -0.3 is 5.32 Å². The van der Waals surface area contributed by atoms with Crippen LogP contribution in [0.25, 0.3) is 0 Å². The number of nitrogens with zero attached hydrogens (tertiary/aromatic N) is 1. The summed E-state index contributed by atoms with van der Waals surface area (Å²) in [5.41, 5.74) is 0.165. The Bertz CT molecular complexity index is 422. The van der Waals surface area contributed by atoms with Crippen LogP contribution in [0.4, 0.5) is 5.69 Å². The summed E-state index contributed by atoms with van der Waals surface area (Å²) in [4.78, 5) is 11.4. The van der Waals surface area contributed by atoms with Crippen molar-refractivity contribution in [3.05, 3.63) is 34.4 Å². The van der Waals surface area contributed by atoms with E-state index in [0.29, 0.717) is 11.3 Å². The van der Waals surface area contributed by atoms with Crippen molar-refractivity contribution in [2.24, 2.45) is 0 Å². The summed E-state index contributed by atoms with van der Waals surface area (Å²) < 4.78 is 0. The van der Waals surface area contributed by atoms with E-state index in [2.05, 4.69) is 12.2 Å². The first kappa shape index (κ1) is 14.3. The Morgan fingerprint density at radius 3 is 2.74 bits per heavy atom. The maximum Gasteiger partial charge on any atom is 0.269 e. The number of nitro benzene ring substituents is 1. The number of hydrogen-bond donors (Lipinski definition) is 1. The normalized spacial score (nSPS) is 22.6. The third-order valence-electron chi connectivity index (χ3n) is 3.42. The summed E-state index contributed by atoms with van der Waals surface area (Å²) in [5.74, 6) is 0. The molecule has 0 aromatic heterocycles. The molecule has 1 aliphatic carbocycles. The zero-order valence-corrected chi connectivity index (χ0v) is 12.0. The highest BCUT2D eigenvalue weighted by Crippen LogP contribution is 2.35. The van der Waals surface area contributed by atoms with Crippen LogP contribution in [0, 0.1) is 10.1 Å². The molecule has 1 saturated carbocycles. The van der Waals surface area contributed by atoms with E-state index < -0.39 is 0 Å². The molecule has 1 aliphatic rings. The van der Waals surface area contributed by atoms with E-state index in [0.717, 1.165) is 11.4 Å². The van der Waals surface area contributed by atoms with Gasteiger partial charge in [-0.3, -0.25) is 10.1 Å². The van der Waals surface area contributed by atoms with Gasteiger partial charge in [-0.15, -0.1) is 11.8 Å². The molecule has 0 heterocycles. The molecule has 0 spiro atoms. The van der Waals surface area contributed by atoms with Crippen molar-refractivity contribution in [3.63, 3.8) is 0 Å². The molecule has 1 N–H and O–H groups in total. The second-order valence-electron chi connectivity index (χ2n) is 4.95. The fourth-order valence-corrected chi connectivity index (χ4v) is 3.68. The quantitative estimate of drug-likeness (QED) is 0.639. The summed E-state index contributed by atoms with van der Waals surface area (Å²) in [6.07, 6.45) is 4.84. The van der Waals surface area contributed by atoms with Gasteiger partial charge >= 0.3 is 0 Å². The molecule has 0 amide bonds. The van der Waals surface area contributed by atoms with E-state index in [1.54, 1.807) is 12.1 Å². The topological polar surface area (TPSA) is 55.2 Å². The Balaban J connectivity index is 1.83. The molecule has 0 radical (unpaired) electrons. The molecular weight excluding hydrogens is 260 g/mol. The molecule has 2 atom stereocenters. The Hall–Kier alpha value is -1.07. The standard InChI is InChI=1S/C14H20N2O2S/c1-2-9-15-11-3-6-14(10-11)19-13-7-4-12(5-8-13)16(17)18/h4-5,7-8,11,14-15H,2-3,6,9-10H2,1H3. The Morgan fingerprint density at radius 1 is 1.37 bits per heavy atom. The lowest BCUT2D eigenvalue weighted by atomic mass is 10.2. The van der Waals surface area contributed by atoms with Gasteiger partial charge in [0.15, 0.2) is 0 Å². The van der Waals surface area contributed by atoms with E-state index >= 15 is 0 Å². The van der Waals surface area contributed by atoms with Crippen molar-refractivity contribution in [2.45, 2.75) is 48.8 Å². The van der Waals surface area contributed by atoms with Crippen LogP contribution in [0.3, 0.4) is 0 Å². The average molecular weight is 280 g/mol. The van der Waals surface area contributed by atoms with Crippen LogP contribution in [0.1, 0.15) is 32.6 Å². The van der Waals surface area contributed by atoms with E-state index in [1.807, 2.05) is 23.9 Å². The summed E-state index contributed by atoms with van der Waals surface area (Å²) in [7, 11) is 0. The second kappa shape index (κ2) is 6.91. The average Bonchev–Trinajstić information content (AvgIpc) is 2.84. The SMILES string of the molecule is CCCNC1CCC(Sc2ccc([N+](=O)[O-])cc2)C1. The highest BCUT2D eigenvalue weighted by Gasteiger charge is 2.24. The van der Waals surface area contributed by atoms with Crippen LogP contribution < -0.4 is 5.32 Å². The van der Waals surface area contributed by atoms with E-state index in [4.69, 9.17) is 0 Å². The van der Waals surface area contributed by atoms with Gasteiger partial charge in [0.1, 0.15) is 0 Å². The molecule has 0 saturated heterocycles. The molecule has 1 aromatic carbocycles. The van der Waals surface area contributed by atoms with Gasteiger partial charge in [-0.25, -0.2) is 0 Å². The number of benzene rings is 1. The minimum atomic E-state index is -0.352. The first-order valence-electron chi connectivity index (χ1n) is 6.83. The van der Waals surface area contributed by atoms with Gasteiger partial charge in [-0.2, -0.15) is 0 Å². The van der Waals surface area contributed by atoms with Gasteiger partial charge in [-0.1, -0.05) is 6.92 Å². The number of non-ortho nitro benzene ring substituents is 1. The first-order valence-corrected chi connectivity index (χ1v) is 7.71. The number of nitrogens with one attached hydrogen (secondary N) is 1. The summed E-state index contributed by atoms with van der Waals surface area (Å²) >= 11 is 1.85. The lowest BCUT2D eigenvalue weighted by Gasteiger charge is -2.12. The highest BCUT2D eigenvalue weighted by molar-refractivity contribution is 8.00. The van der Waals surface area contributed by atoms with Crippen molar-refractivity contribution < 1.29 is 4.92 Å². The Morgan fingerprint density at radius 2 is 2.11 bits per heavy atom. The van der Waals surface area contributed by atoms with Crippen molar-refractivity contribution in [2.75, 3.05) is 6.54 Å². The number of nitro groups is 1. The number of thioether (sulfide) groups is 1. The number of hydrogen-bond acceptors (Lipinski definition) is 4. The van der Waals surface area contributed by atoms with Crippen LogP contribution in [-0.4, -0.2) is 22.8 Å². The minimum Gasteiger partial charge on any atom is -0.314 e. The van der Waals surface area contributed by atoms with E-state index in [-0.39, 0.29) is 10.6 Å². The van der Waals surface area contributed by atoms with Crippen LogP contribution in [0.2, 0.25) is 0 Å². The van der Waals surface area contributed by atoms with Crippen molar-refractivity contribution in [1.82, 2.24) is 5.32 Å². The molecule has 2 unspecified atom stereocenters. The second-order valence-corrected chi connectivity index (χ2v) is 6.33. The molecule has 1 fully saturated rings. The Kier molecular flexibility index (Phi) is 5.22. The number of rotatable bonds is 6. The van der Waals surface area contributed by atoms with Crippen molar-refractivity contribution in [3.8, 4) is 0 Å². The molecule has 2 rings (SSSR count). The molecule has 1 aromatic rings. The fraction of sp³-hybridized carbons (Fsp3) is 0.571. The summed E-state index contributed by atoms with van der Waals surface area (Å²) in [5, 5.41) is 14.8. The zero-order valence-electron chi connectivity index (χ0n) is 11.2. The predicted molar refractivity (Wildman–Crippen MR) is 78.7 cm³/mol. The zero-order chi connectivity index (χ0) is 13.7. The van der Waals surface area contributed by atoms with Gasteiger partial charge in [0.25, 0.3) is 5.69 Å². The van der Waals surface area contributed by atoms with Crippen LogP contribution in [0.5, 0.6) is 0 Å². The van der Waals surface area contributed by atoms with Crippen LogP contribution in [-0.2, 0) is 0 Å². The lowest BCUT2D eigenvalue weighted by Crippen LogP contribution is -2.27. The molecule has 4 nitrogen and oxygen atoms in total. The third kappa shape index (κ3) is 4.21. The summed E-state index contributed by atoms with van der Waals surface area (Å²) in [6.45, 7) is 3.28. The van der Waals surface area contributed by atoms with Gasteiger partial charge in [0.2, 0.25) is 0 Å². The van der Waals surface area contributed by atoms with Gasteiger partial charge in [0.05, 0.1) is 4.92 Å². The molecule has 0 aliphatic heterocycles. The van der Waals surface area contributed by atoms with Crippen LogP contribution in [0.15, 0.2) is 29.2 Å². The van der Waals surface area contributed by atoms with Crippen molar-refractivity contribution in [1.29, 1.82) is 0 Å². The monoisotopic (exact) mass is 280 g/mol. The highest BCUT2D eigenvalue weighted by atomic mass is 32.2. The molecule has 104 valence electrons. The van der Waals surface area contributed by atoms with Crippen molar-refractivity contribution >= 4 is 17.4 Å².